The zero-order valence-electron chi connectivity index (χ0n) is 17.6. The Morgan fingerprint density at radius 3 is 1.78 bits per heavy atom. The van der Waals surface area contributed by atoms with E-state index in [-0.39, 0.29) is 17.8 Å². The molecule has 0 aromatic heterocycles. The highest BCUT2D eigenvalue weighted by Gasteiger charge is 2.30. The van der Waals surface area contributed by atoms with Gasteiger partial charge in [-0.15, -0.1) is 0 Å². The first-order valence-corrected chi connectivity index (χ1v) is 10.1. The van der Waals surface area contributed by atoms with E-state index in [9.17, 15) is 14.4 Å². The van der Waals surface area contributed by atoms with Crippen LogP contribution in [0.2, 0.25) is 0 Å². The van der Waals surface area contributed by atoms with Crippen LogP contribution in [0.5, 0.6) is 17.2 Å². The number of hydrogen-bond acceptors (Lipinski definition) is 7. The average molecular weight is 440 g/mol. The lowest BCUT2D eigenvalue weighted by atomic mass is 9.82. The maximum Gasteiger partial charge on any atom is 0.343 e. The normalized spacial score (nSPS) is 17.7. The van der Waals surface area contributed by atoms with Crippen LogP contribution in [0.15, 0.2) is 61.1 Å². The van der Waals surface area contributed by atoms with E-state index < -0.39 is 17.9 Å². The first-order valence-electron chi connectivity index (χ1n) is 10.1. The van der Waals surface area contributed by atoms with Gasteiger partial charge in [0.1, 0.15) is 17.2 Å². The molecular weight excluding hydrogens is 416 g/mol. The largest absolute Gasteiger partial charge is 0.481 e. The molecule has 0 amide bonds. The molecule has 0 bridgehead atoms. The van der Waals surface area contributed by atoms with Crippen molar-refractivity contribution in [3.8, 4) is 17.2 Å². The Hall–Kier alpha value is -3.81. The van der Waals surface area contributed by atoms with Gasteiger partial charge in [0, 0.05) is 0 Å². The highest BCUT2D eigenvalue weighted by atomic mass is 16.7. The molecule has 168 valence electrons. The van der Waals surface area contributed by atoms with E-state index in [0.717, 1.165) is 0 Å². The Morgan fingerprint density at radius 1 is 0.781 bits per heavy atom. The molecule has 8 heteroatoms. The van der Waals surface area contributed by atoms with Crippen molar-refractivity contribution >= 4 is 17.9 Å². The number of methoxy groups -OCH3 is 1. The molecule has 0 radical (unpaired) electrons. The second-order valence-corrected chi connectivity index (χ2v) is 7.37. The van der Waals surface area contributed by atoms with Gasteiger partial charge in [-0.3, -0.25) is 9.59 Å². The Kier molecular flexibility index (Phi) is 7.49. The zero-order chi connectivity index (χ0) is 23.1. The minimum absolute atomic E-state index is 0.142. The summed E-state index contributed by atoms with van der Waals surface area (Å²) in [6.45, 7) is 3.56. The molecule has 8 nitrogen and oxygen atoms in total. The maximum absolute atomic E-state index is 12.3. The molecule has 3 rings (SSSR count). The SMILES string of the molecule is C=C(OC)Oc1ccc(OC(=O)c2ccc(OC(=O)C3CCC(C(=O)O)CC3)cc2)cc1. The van der Waals surface area contributed by atoms with Crippen molar-refractivity contribution in [1.29, 1.82) is 0 Å². The van der Waals surface area contributed by atoms with Crippen molar-refractivity contribution in [2.45, 2.75) is 25.7 Å². The molecule has 1 aliphatic rings. The summed E-state index contributed by atoms with van der Waals surface area (Å²) in [5, 5.41) is 9.05. The van der Waals surface area contributed by atoms with Crippen LogP contribution >= 0.6 is 0 Å². The molecule has 0 atom stereocenters. The maximum atomic E-state index is 12.3. The quantitative estimate of drug-likeness (QED) is 0.370. The lowest BCUT2D eigenvalue weighted by Crippen LogP contribution is -2.28. The van der Waals surface area contributed by atoms with Crippen LogP contribution in [-0.2, 0) is 14.3 Å². The van der Waals surface area contributed by atoms with Gasteiger partial charge in [0.15, 0.2) is 0 Å². The fraction of sp³-hybridized carbons (Fsp3) is 0.292. The lowest BCUT2D eigenvalue weighted by molar-refractivity contribution is -0.146. The van der Waals surface area contributed by atoms with Crippen molar-refractivity contribution in [1.82, 2.24) is 0 Å². The second-order valence-electron chi connectivity index (χ2n) is 7.37. The summed E-state index contributed by atoms with van der Waals surface area (Å²) in [4.78, 5) is 35.7. The lowest BCUT2D eigenvalue weighted by Gasteiger charge is -2.24. The molecule has 1 fully saturated rings. The van der Waals surface area contributed by atoms with E-state index in [0.29, 0.717) is 48.5 Å². The van der Waals surface area contributed by atoms with Gasteiger partial charge in [-0.05, 0) is 80.8 Å². The van der Waals surface area contributed by atoms with E-state index >= 15 is 0 Å². The van der Waals surface area contributed by atoms with Crippen LogP contribution in [0, 0.1) is 11.8 Å². The predicted octanol–water partition coefficient (Wildman–Crippen LogP) is 4.20. The van der Waals surface area contributed by atoms with Crippen molar-refractivity contribution in [2.75, 3.05) is 7.11 Å². The number of carbonyl (C=O) groups is 3. The van der Waals surface area contributed by atoms with E-state index in [1.807, 2.05) is 0 Å². The minimum Gasteiger partial charge on any atom is -0.481 e. The topological polar surface area (TPSA) is 108 Å². The fourth-order valence-corrected chi connectivity index (χ4v) is 3.35. The highest BCUT2D eigenvalue weighted by Crippen LogP contribution is 2.30. The summed E-state index contributed by atoms with van der Waals surface area (Å²) in [5.74, 6) is -1.21. The standard InChI is InChI=1S/C24H24O8/c1-15(29-2)30-19-11-13-21(14-12-19)32-24(28)18-7-9-20(10-8-18)31-23(27)17-5-3-16(4-6-17)22(25)26/h7-14,16-17H,1,3-6H2,2H3,(H,25,26). The van der Waals surface area contributed by atoms with Crippen molar-refractivity contribution < 1.29 is 38.4 Å². The van der Waals surface area contributed by atoms with Crippen molar-refractivity contribution in [2.24, 2.45) is 11.8 Å². The molecule has 0 saturated heterocycles. The second kappa shape index (κ2) is 10.5. The van der Waals surface area contributed by atoms with Crippen LogP contribution < -0.4 is 14.2 Å². The zero-order valence-corrected chi connectivity index (χ0v) is 17.6. The smallest absolute Gasteiger partial charge is 0.343 e. The molecule has 1 aliphatic carbocycles. The van der Waals surface area contributed by atoms with E-state index in [4.69, 9.17) is 24.1 Å². The third kappa shape index (κ3) is 6.10. The van der Waals surface area contributed by atoms with Crippen LogP contribution in [0.1, 0.15) is 36.0 Å². The van der Waals surface area contributed by atoms with Gasteiger partial charge in [-0.2, -0.15) is 0 Å². The molecule has 0 heterocycles. The fourth-order valence-electron chi connectivity index (χ4n) is 3.35. The molecule has 0 aliphatic heterocycles. The van der Waals surface area contributed by atoms with Gasteiger partial charge >= 0.3 is 17.9 Å². The summed E-state index contributed by atoms with van der Waals surface area (Å²) < 4.78 is 20.8. The number of esters is 2. The van der Waals surface area contributed by atoms with Crippen molar-refractivity contribution in [3.63, 3.8) is 0 Å². The monoisotopic (exact) mass is 440 g/mol. The number of ether oxygens (including phenoxy) is 4. The van der Waals surface area contributed by atoms with Gasteiger partial charge in [0.05, 0.1) is 24.5 Å². The summed E-state index contributed by atoms with van der Waals surface area (Å²) in [7, 11) is 1.44. The number of rotatable bonds is 8. The molecule has 2 aromatic rings. The number of carbonyl (C=O) groups excluding carboxylic acids is 2. The number of benzene rings is 2. The Labute approximate surface area is 185 Å². The van der Waals surface area contributed by atoms with Gasteiger partial charge in [-0.25, -0.2) is 4.79 Å². The highest BCUT2D eigenvalue weighted by molar-refractivity contribution is 5.91. The van der Waals surface area contributed by atoms with E-state index in [1.165, 1.54) is 31.4 Å². The number of aliphatic carboxylic acids is 1. The average Bonchev–Trinajstić information content (AvgIpc) is 2.80. The third-order valence-corrected chi connectivity index (χ3v) is 5.21. The summed E-state index contributed by atoms with van der Waals surface area (Å²) in [6, 6.07) is 12.4. The molecule has 1 saturated carbocycles. The van der Waals surface area contributed by atoms with Crippen LogP contribution in [0.4, 0.5) is 0 Å². The van der Waals surface area contributed by atoms with Gasteiger partial charge < -0.3 is 24.1 Å². The van der Waals surface area contributed by atoms with Gasteiger partial charge in [-0.1, -0.05) is 0 Å². The Balaban J connectivity index is 1.51. The number of hydrogen-bond donors (Lipinski definition) is 1. The molecule has 0 spiro atoms. The molecule has 2 aromatic carbocycles. The molecule has 0 unspecified atom stereocenters. The first-order chi connectivity index (χ1) is 15.4. The van der Waals surface area contributed by atoms with Gasteiger partial charge in [0.25, 0.3) is 5.95 Å². The van der Waals surface area contributed by atoms with Crippen LogP contribution in [-0.4, -0.2) is 30.1 Å². The van der Waals surface area contributed by atoms with E-state index in [1.54, 1.807) is 24.3 Å². The van der Waals surface area contributed by atoms with Crippen LogP contribution in [0.3, 0.4) is 0 Å². The molecule has 32 heavy (non-hydrogen) atoms. The minimum atomic E-state index is -0.819. The first kappa shape index (κ1) is 22.9. The third-order valence-electron chi connectivity index (χ3n) is 5.21. The summed E-state index contributed by atoms with van der Waals surface area (Å²) in [5.41, 5.74) is 0.292. The number of carboxylic acids is 1. The Bertz CT molecular complexity index is 970. The van der Waals surface area contributed by atoms with Crippen LogP contribution in [0.25, 0.3) is 0 Å². The Morgan fingerprint density at radius 2 is 1.25 bits per heavy atom. The predicted molar refractivity (Wildman–Crippen MR) is 113 cm³/mol. The van der Waals surface area contributed by atoms with Gasteiger partial charge in [0.2, 0.25) is 0 Å². The molecular formula is C24H24O8. The molecule has 1 N–H and O–H groups in total. The van der Waals surface area contributed by atoms with E-state index in [2.05, 4.69) is 6.58 Å². The number of carboxylic acid groups (broad SMARTS) is 1. The summed E-state index contributed by atoms with van der Waals surface area (Å²) in [6.07, 6.45) is 1.91. The van der Waals surface area contributed by atoms with Crippen molar-refractivity contribution in [3.05, 3.63) is 66.6 Å². The summed E-state index contributed by atoms with van der Waals surface area (Å²) >= 11 is 0.